The molecule has 7 heteroatoms. The van der Waals surface area contributed by atoms with E-state index in [1.165, 1.54) is 48.3 Å². The number of nitrogens with zero attached hydrogens (tertiary/aromatic N) is 5. The average Bonchev–Trinajstić information content (AvgIpc) is 3.40. The first-order valence-electron chi connectivity index (χ1n) is 14.9. The van der Waals surface area contributed by atoms with E-state index in [0.717, 1.165) is 59.9 Å². The summed E-state index contributed by atoms with van der Waals surface area (Å²) in [4.78, 5) is 29.8. The average molecular weight is 551 g/mol. The van der Waals surface area contributed by atoms with E-state index < -0.39 is 0 Å². The van der Waals surface area contributed by atoms with E-state index in [4.69, 9.17) is 4.98 Å². The Balaban J connectivity index is 1.22. The van der Waals surface area contributed by atoms with Crippen LogP contribution in [0.4, 0.5) is 5.69 Å². The van der Waals surface area contributed by atoms with Crippen molar-refractivity contribution in [2.45, 2.75) is 32.7 Å². The fourth-order valence-corrected chi connectivity index (χ4v) is 6.74. The maximum Gasteiger partial charge on any atom is 0.253 e. The predicted octanol–water partition coefficient (Wildman–Crippen LogP) is 5.43. The molecule has 2 aromatic carbocycles. The third-order valence-electron chi connectivity index (χ3n) is 9.04. The number of aryl methyl sites for hydroxylation is 2. The van der Waals surface area contributed by atoms with Crippen molar-refractivity contribution in [3.05, 3.63) is 71.5 Å². The largest absolute Gasteiger partial charge is 0.369 e. The van der Waals surface area contributed by atoms with Gasteiger partial charge in [-0.2, -0.15) is 0 Å². The lowest BCUT2D eigenvalue weighted by Gasteiger charge is -2.43. The summed E-state index contributed by atoms with van der Waals surface area (Å²) in [6.07, 6.45) is 6.57. The maximum atomic E-state index is 12.3. The van der Waals surface area contributed by atoms with E-state index in [0.29, 0.717) is 5.56 Å². The normalized spacial score (nSPS) is 17.3. The SMILES string of the molecule is Cc1cc(-c2cnc3[nH]cc(-c4ccc(C(=O)N(C)C)cc4)c3c2)cc(C)c1N1CCN(C2CCN(C)CC2)CC1. The molecule has 4 aromatic rings. The number of piperazine rings is 1. The number of anilines is 1. The molecule has 2 aromatic heterocycles. The van der Waals surface area contributed by atoms with Crippen molar-refractivity contribution in [1.82, 2.24) is 24.7 Å². The Morgan fingerprint density at radius 1 is 0.878 bits per heavy atom. The molecule has 2 aliphatic heterocycles. The number of carbonyl (C=O) groups excluding carboxylic acids is 1. The molecule has 2 saturated heterocycles. The summed E-state index contributed by atoms with van der Waals surface area (Å²) in [6.45, 7) is 11.4. The van der Waals surface area contributed by atoms with Gasteiger partial charge in [0.05, 0.1) is 0 Å². The molecule has 2 fully saturated rings. The summed E-state index contributed by atoms with van der Waals surface area (Å²) in [6, 6.07) is 15.5. The molecular weight excluding hydrogens is 508 g/mol. The highest BCUT2D eigenvalue weighted by Crippen LogP contribution is 2.35. The van der Waals surface area contributed by atoms with Crippen LogP contribution < -0.4 is 4.90 Å². The molecule has 2 aliphatic rings. The second-order valence-electron chi connectivity index (χ2n) is 12.1. The Morgan fingerprint density at radius 3 is 2.17 bits per heavy atom. The second kappa shape index (κ2) is 11.3. The second-order valence-corrected chi connectivity index (χ2v) is 12.1. The van der Waals surface area contributed by atoms with Gasteiger partial charge < -0.3 is 19.7 Å². The molecule has 1 amide bonds. The molecule has 0 saturated carbocycles. The summed E-state index contributed by atoms with van der Waals surface area (Å²) in [5, 5.41) is 1.08. The number of likely N-dealkylation sites (tertiary alicyclic amines) is 1. The molecule has 214 valence electrons. The standard InChI is InChI=1S/C34H42N6O/c1-23-18-27(19-24(2)32(23)40-16-14-39(15-17-40)29-10-12-38(5)13-11-29)28-20-30-31(22-36-33(30)35-21-28)25-6-8-26(9-7-25)34(41)37(3)4/h6-9,18-22,29H,10-17H2,1-5H3,(H,35,36). The van der Waals surface area contributed by atoms with Crippen molar-refractivity contribution in [1.29, 1.82) is 0 Å². The van der Waals surface area contributed by atoms with Gasteiger partial charge in [-0.15, -0.1) is 0 Å². The number of amides is 1. The number of piperidine rings is 1. The molecule has 6 rings (SSSR count). The van der Waals surface area contributed by atoms with Crippen molar-refractivity contribution in [2.24, 2.45) is 0 Å². The van der Waals surface area contributed by atoms with E-state index >= 15 is 0 Å². The van der Waals surface area contributed by atoms with E-state index in [2.05, 4.69) is 58.8 Å². The van der Waals surface area contributed by atoms with Crippen molar-refractivity contribution in [2.75, 3.05) is 65.3 Å². The van der Waals surface area contributed by atoms with Crippen LogP contribution in [0.1, 0.15) is 34.3 Å². The molecule has 0 spiro atoms. The highest BCUT2D eigenvalue weighted by Gasteiger charge is 2.27. The van der Waals surface area contributed by atoms with E-state index in [9.17, 15) is 4.79 Å². The number of nitrogens with one attached hydrogen (secondary N) is 1. The van der Waals surface area contributed by atoms with Gasteiger partial charge in [-0.1, -0.05) is 12.1 Å². The Bertz CT molecular complexity index is 1520. The molecule has 7 nitrogen and oxygen atoms in total. The van der Waals surface area contributed by atoms with E-state index in [1.807, 2.05) is 36.7 Å². The Kier molecular flexibility index (Phi) is 7.58. The number of aromatic nitrogens is 2. The summed E-state index contributed by atoms with van der Waals surface area (Å²) in [5.41, 5.74) is 10.0. The lowest BCUT2D eigenvalue weighted by molar-refractivity contribution is 0.0827. The topological polar surface area (TPSA) is 58.7 Å². The number of benzene rings is 2. The quantitative estimate of drug-likeness (QED) is 0.359. The summed E-state index contributed by atoms with van der Waals surface area (Å²) >= 11 is 0. The molecule has 1 N–H and O–H groups in total. The first-order chi connectivity index (χ1) is 19.8. The number of hydrogen-bond donors (Lipinski definition) is 1. The van der Waals surface area contributed by atoms with Gasteiger partial charge in [0.25, 0.3) is 5.91 Å². The number of hydrogen-bond acceptors (Lipinski definition) is 5. The zero-order valence-corrected chi connectivity index (χ0v) is 25.1. The lowest BCUT2D eigenvalue weighted by Crippen LogP contribution is -2.53. The number of H-pyrrole nitrogens is 1. The number of fused-ring (bicyclic) bond motifs is 1. The van der Waals surface area contributed by atoms with Crippen LogP contribution in [0.2, 0.25) is 0 Å². The minimum absolute atomic E-state index is 0.00718. The molecule has 4 heterocycles. The zero-order valence-electron chi connectivity index (χ0n) is 25.1. The van der Waals surface area contributed by atoms with Crippen molar-refractivity contribution >= 4 is 22.6 Å². The van der Waals surface area contributed by atoms with Crippen LogP contribution in [0.3, 0.4) is 0 Å². The van der Waals surface area contributed by atoms with Gasteiger partial charge in [-0.25, -0.2) is 4.98 Å². The van der Waals surface area contributed by atoms with Crippen LogP contribution in [-0.4, -0.2) is 97.0 Å². The monoisotopic (exact) mass is 550 g/mol. The molecule has 41 heavy (non-hydrogen) atoms. The van der Waals surface area contributed by atoms with Crippen molar-refractivity contribution in [3.8, 4) is 22.3 Å². The van der Waals surface area contributed by atoms with Crippen LogP contribution >= 0.6 is 0 Å². The van der Waals surface area contributed by atoms with Gasteiger partial charge in [0.1, 0.15) is 5.65 Å². The van der Waals surface area contributed by atoms with Crippen molar-refractivity contribution in [3.63, 3.8) is 0 Å². The molecule has 0 aliphatic carbocycles. The number of pyridine rings is 1. The molecular formula is C34H42N6O. The summed E-state index contributed by atoms with van der Waals surface area (Å²) in [5.74, 6) is 0.00718. The van der Waals surface area contributed by atoms with Gasteiger partial charge >= 0.3 is 0 Å². The first kappa shape index (κ1) is 27.5. The minimum Gasteiger partial charge on any atom is -0.369 e. The maximum absolute atomic E-state index is 12.3. The van der Waals surface area contributed by atoms with Crippen LogP contribution in [-0.2, 0) is 0 Å². The fraction of sp³-hybridized carbons (Fsp3) is 0.412. The predicted molar refractivity (Wildman–Crippen MR) is 169 cm³/mol. The lowest BCUT2D eigenvalue weighted by atomic mass is 9.97. The van der Waals surface area contributed by atoms with Crippen LogP contribution in [0, 0.1) is 13.8 Å². The third kappa shape index (κ3) is 5.48. The fourth-order valence-electron chi connectivity index (χ4n) is 6.74. The summed E-state index contributed by atoms with van der Waals surface area (Å²) < 4.78 is 0. The zero-order chi connectivity index (χ0) is 28.7. The molecule has 0 atom stereocenters. The van der Waals surface area contributed by atoms with Crippen LogP contribution in [0.5, 0.6) is 0 Å². The van der Waals surface area contributed by atoms with Gasteiger partial charge in [-0.3, -0.25) is 9.69 Å². The highest BCUT2D eigenvalue weighted by molar-refractivity contribution is 5.98. The Labute approximate surface area is 243 Å². The number of aromatic amines is 1. The number of rotatable bonds is 5. The smallest absolute Gasteiger partial charge is 0.253 e. The Morgan fingerprint density at radius 2 is 1.54 bits per heavy atom. The Hall–Kier alpha value is -3.68. The van der Waals surface area contributed by atoms with Gasteiger partial charge in [0.2, 0.25) is 0 Å². The minimum atomic E-state index is 0.00718. The van der Waals surface area contributed by atoms with Gasteiger partial charge in [-0.05, 0) is 99.4 Å². The van der Waals surface area contributed by atoms with Gasteiger partial charge in [0, 0.05) is 86.5 Å². The molecule has 0 radical (unpaired) electrons. The van der Waals surface area contributed by atoms with Crippen LogP contribution in [0.25, 0.3) is 33.3 Å². The molecule has 0 unspecified atom stereocenters. The van der Waals surface area contributed by atoms with E-state index in [-0.39, 0.29) is 5.91 Å². The number of carbonyl (C=O) groups is 1. The van der Waals surface area contributed by atoms with Crippen LogP contribution in [0.15, 0.2) is 54.9 Å². The van der Waals surface area contributed by atoms with Gasteiger partial charge in [0.15, 0.2) is 0 Å². The van der Waals surface area contributed by atoms with Crippen molar-refractivity contribution < 1.29 is 4.79 Å². The first-order valence-corrected chi connectivity index (χ1v) is 14.9. The summed E-state index contributed by atoms with van der Waals surface area (Å²) in [7, 11) is 5.79. The third-order valence-corrected chi connectivity index (χ3v) is 9.04. The highest BCUT2D eigenvalue weighted by atomic mass is 16.2. The molecule has 0 bridgehead atoms. The van der Waals surface area contributed by atoms with E-state index in [1.54, 1.807) is 19.0 Å².